The number of halogens is 1. The van der Waals surface area contributed by atoms with E-state index in [9.17, 15) is 9.50 Å². The Hall–Kier alpha value is -2.67. The standard InChI is InChI=1S/C19H25FN4O2/c1-3-22-19(24-13-17(25)15-8-10-21-11-9-15)23-12-14(2)26-18-7-5-4-6-16(18)20/h4-11,14,17,25H,3,12-13H2,1-2H3,(H2,22,23,24). The number of ether oxygens (including phenoxy) is 1. The van der Waals surface area contributed by atoms with Gasteiger partial charge in [0.1, 0.15) is 6.10 Å². The third-order valence-electron chi connectivity index (χ3n) is 3.58. The average Bonchev–Trinajstić information content (AvgIpc) is 2.66. The molecule has 6 nitrogen and oxygen atoms in total. The molecule has 0 bridgehead atoms. The summed E-state index contributed by atoms with van der Waals surface area (Å²) in [6.07, 6.45) is 2.29. The third kappa shape index (κ3) is 6.33. The zero-order valence-corrected chi connectivity index (χ0v) is 15.0. The zero-order valence-electron chi connectivity index (χ0n) is 15.0. The van der Waals surface area contributed by atoms with Crippen LogP contribution in [0.4, 0.5) is 4.39 Å². The lowest BCUT2D eigenvalue weighted by Gasteiger charge is -2.18. The van der Waals surface area contributed by atoms with Crippen LogP contribution in [0.3, 0.4) is 0 Å². The van der Waals surface area contributed by atoms with Crippen molar-refractivity contribution in [2.45, 2.75) is 26.1 Å². The SMILES string of the molecule is CCNC(=NCC(O)c1ccncc1)NCC(C)Oc1ccccc1F. The molecular formula is C19H25FN4O2. The predicted molar refractivity (Wildman–Crippen MR) is 99.7 cm³/mol. The van der Waals surface area contributed by atoms with Gasteiger partial charge < -0.3 is 20.5 Å². The highest BCUT2D eigenvalue weighted by atomic mass is 19.1. The van der Waals surface area contributed by atoms with Crippen LogP contribution in [-0.4, -0.2) is 41.8 Å². The van der Waals surface area contributed by atoms with Gasteiger partial charge in [-0.3, -0.25) is 9.98 Å². The molecular weight excluding hydrogens is 335 g/mol. The van der Waals surface area contributed by atoms with Crippen LogP contribution < -0.4 is 15.4 Å². The number of benzene rings is 1. The van der Waals surface area contributed by atoms with Crippen molar-refractivity contribution in [2.75, 3.05) is 19.6 Å². The normalized spacial score (nSPS) is 13.8. The van der Waals surface area contributed by atoms with E-state index in [0.29, 0.717) is 19.0 Å². The van der Waals surface area contributed by atoms with E-state index in [2.05, 4.69) is 20.6 Å². The molecule has 0 amide bonds. The van der Waals surface area contributed by atoms with E-state index in [4.69, 9.17) is 4.74 Å². The topological polar surface area (TPSA) is 78.8 Å². The zero-order chi connectivity index (χ0) is 18.8. The molecule has 140 valence electrons. The molecule has 2 rings (SSSR count). The number of nitrogens with one attached hydrogen (secondary N) is 2. The first-order valence-corrected chi connectivity index (χ1v) is 8.61. The smallest absolute Gasteiger partial charge is 0.191 e. The van der Waals surface area contributed by atoms with Crippen LogP contribution >= 0.6 is 0 Å². The van der Waals surface area contributed by atoms with Gasteiger partial charge in [-0.25, -0.2) is 4.39 Å². The van der Waals surface area contributed by atoms with Crippen molar-refractivity contribution in [2.24, 2.45) is 4.99 Å². The van der Waals surface area contributed by atoms with Gasteiger partial charge in [-0.15, -0.1) is 0 Å². The van der Waals surface area contributed by atoms with Gasteiger partial charge >= 0.3 is 0 Å². The largest absolute Gasteiger partial charge is 0.486 e. The second-order valence-electron chi connectivity index (χ2n) is 5.76. The molecule has 26 heavy (non-hydrogen) atoms. The first-order chi connectivity index (χ1) is 12.6. The second kappa shape index (κ2) is 10.4. The second-order valence-corrected chi connectivity index (χ2v) is 5.76. The van der Waals surface area contributed by atoms with Gasteiger partial charge in [-0.2, -0.15) is 0 Å². The first-order valence-electron chi connectivity index (χ1n) is 8.61. The fourth-order valence-corrected chi connectivity index (χ4v) is 2.25. The summed E-state index contributed by atoms with van der Waals surface area (Å²) in [5.74, 6) is 0.391. The molecule has 2 unspecified atom stereocenters. The number of hydrogen-bond acceptors (Lipinski definition) is 4. The third-order valence-corrected chi connectivity index (χ3v) is 3.58. The van der Waals surface area contributed by atoms with Crippen molar-refractivity contribution in [1.29, 1.82) is 0 Å². The molecule has 1 heterocycles. The van der Waals surface area contributed by atoms with Crippen molar-refractivity contribution in [3.63, 3.8) is 0 Å². The molecule has 0 radical (unpaired) electrons. The summed E-state index contributed by atoms with van der Waals surface area (Å²) in [7, 11) is 0. The fourth-order valence-electron chi connectivity index (χ4n) is 2.25. The van der Waals surface area contributed by atoms with Gasteiger partial charge in [0.2, 0.25) is 0 Å². The number of aliphatic hydroxyl groups is 1. The lowest BCUT2D eigenvalue weighted by molar-refractivity contribution is 0.187. The number of para-hydroxylation sites is 1. The number of aliphatic imine (C=N–C) groups is 1. The maximum atomic E-state index is 13.6. The van der Waals surface area contributed by atoms with Gasteiger partial charge in [-0.1, -0.05) is 12.1 Å². The van der Waals surface area contributed by atoms with E-state index in [-0.39, 0.29) is 24.2 Å². The van der Waals surface area contributed by atoms with Crippen LogP contribution in [0.1, 0.15) is 25.5 Å². The minimum atomic E-state index is -0.708. The summed E-state index contributed by atoms with van der Waals surface area (Å²) in [4.78, 5) is 8.31. The Balaban J connectivity index is 1.87. The van der Waals surface area contributed by atoms with Crippen molar-refractivity contribution in [1.82, 2.24) is 15.6 Å². The highest BCUT2D eigenvalue weighted by Crippen LogP contribution is 2.16. The highest BCUT2D eigenvalue weighted by molar-refractivity contribution is 5.79. The van der Waals surface area contributed by atoms with Crippen LogP contribution in [0.5, 0.6) is 5.75 Å². The summed E-state index contributed by atoms with van der Waals surface area (Å²) in [6.45, 7) is 5.12. The molecule has 0 aliphatic rings. The van der Waals surface area contributed by atoms with Crippen LogP contribution in [-0.2, 0) is 0 Å². The minimum absolute atomic E-state index is 0.210. The predicted octanol–water partition coefficient (Wildman–Crippen LogP) is 2.28. The quantitative estimate of drug-likeness (QED) is 0.497. The van der Waals surface area contributed by atoms with Crippen LogP contribution in [0.2, 0.25) is 0 Å². The molecule has 1 aromatic carbocycles. The van der Waals surface area contributed by atoms with Gasteiger partial charge in [0, 0.05) is 18.9 Å². The van der Waals surface area contributed by atoms with E-state index in [1.807, 2.05) is 13.8 Å². The van der Waals surface area contributed by atoms with E-state index in [1.54, 1.807) is 42.7 Å². The van der Waals surface area contributed by atoms with E-state index in [0.717, 1.165) is 5.56 Å². The molecule has 1 aromatic heterocycles. The van der Waals surface area contributed by atoms with E-state index < -0.39 is 6.10 Å². The number of pyridine rings is 1. The maximum Gasteiger partial charge on any atom is 0.191 e. The average molecular weight is 360 g/mol. The van der Waals surface area contributed by atoms with Crippen molar-refractivity contribution in [3.8, 4) is 5.75 Å². The Labute approximate surface area is 153 Å². The first kappa shape index (κ1) is 19.7. The van der Waals surface area contributed by atoms with Gasteiger partial charge in [0.15, 0.2) is 17.5 Å². The summed E-state index contributed by atoms with van der Waals surface area (Å²) in [6, 6.07) is 9.81. The summed E-state index contributed by atoms with van der Waals surface area (Å²) in [5, 5.41) is 16.4. The van der Waals surface area contributed by atoms with Crippen LogP contribution in [0.25, 0.3) is 0 Å². The molecule has 0 spiro atoms. The molecule has 0 aliphatic heterocycles. The number of aliphatic hydroxyl groups excluding tert-OH is 1. The fraction of sp³-hybridized carbons (Fsp3) is 0.368. The Kier molecular flexibility index (Phi) is 7.82. The Bertz CT molecular complexity index is 697. The summed E-state index contributed by atoms with van der Waals surface area (Å²) in [5.41, 5.74) is 0.760. The lowest BCUT2D eigenvalue weighted by Crippen LogP contribution is -2.42. The number of aromatic nitrogens is 1. The highest BCUT2D eigenvalue weighted by Gasteiger charge is 2.10. The van der Waals surface area contributed by atoms with Crippen molar-refractivity contribution >= 4 is 5.96 Å². The Morgan fingerprint density at radius 2 is 1.96 bits per heavy atom. The van der Waals surface area contributed by atoms with Crippen LogP contribution in [0.15, 0.2) is 53.8 Å². The van der Waals surface area contributed by atoms with Gasteiger partial charge in [0.25, 0.3) is 0 Å². The molecule has 2 aromatic rings. The summed E-state index contributed by atoms with van der Waals surface area (Å²) >= 11 is 0. The minimum Gasteiger partial charge on any atom is -0.486 e. The molecule has 0 saturated carbocycles. The molecule has 3 N–H and O–H groups in total. The van der Waals surface area contributed by atoms with Gasteiger partial charge in [0.05, 0.1) is 19.2 Å². The molecule has 0 saturated heterocycles. The maximum absolute atomic E-state index is 13.6. The number of rotatable bonds is 8. The summed E-state index contributed by atoms with van der Waals surface area (Å²) < 4.78 is 19.2. The Morgan fingerprint density at radius 3 is 2.65 bits per heavy atom. The van der Waals surface area contributed by atoms with Crippen LogP contribution in [0, 0.1) is 5.82 Å². The Morgan fingerprint density at radius 1 is 1.23 bits per heavy atom. The molecule has 2 atom stereocenters. The van der Waals surface area contributed by atoms with Crippen molar-refractivity contribution < 1.29 is 14.2 Å². The van der Waals surface area contributed by atoms with Crippen molar-refractivity contribution in [3.05, 3.63) is 60.2 Å². The molecule has 0 aliphatic carbocycles. The number of hydrogen-bond donors (Lipinski definition) is 3. The number of guanidine groups is 1. The lowest BCUT2D eigenvalue weighted by atomic mass is 10.1. The van der Waals surface area contributed by atoms with E-state index in [1.165, 1.54) is 6.07 Å². The molecule has 0 fully saturated rings. The van der Waals surface area contributed by atoms with Gasteiger partial charge in [-0.05, 0) is 43.7 Å². The van der Waals surface area contributed by atoms with E-state index >= 15 is 0 Å². The number of nitrogens with zero attached hydrogens (tertiary/aromatic N) is 2. The molecule has 7 heteroatoms. The monoisotopic (exact) mass is 360 g/mol.